The van der Waals surface area contributed by atoms with Gasteiger partial charge in [0.15, 0.2) is 5.82 Å². The molecule has 1 unspecified atom stereocenters. The fourth-order valence-electron chi connectivity index (χ4n) is 5.35. The Morgan fingerprint density at radius 1 is 1.12 bits per heavy atom. The molecule has 0 saturated carbocycles. The van der Waals surface area contributed by atoms with Crippen molar-refractivity contribution in [2.75, 3.05) is 19.8 Å². The number of alkyl halides is 1. The van der Waals surface area contributed by atoms with Crippen LogP contribution in [0, 0.1) is 13.8 Å². The summed E-state index contributed by atoms with van der Waals surface area (Å²) < 4.78 is 26.7. The molecule has 2 aromatic carbocycles. The molecule has 41 heavy (non-hydrogen) atoms. The molecule has 2 aromatic heterocycles. The first-order chi connectivity index (χ1) is 19.8. The minimum Gasteiger partial charge on any atom is -0.488 e. The maximum atomic E-state index is 13.2. The number of pyridine rings is 1. The van der Waals surface area contributed by atoms with Gasteiger partial charge in [-0.3, -0.25) is 4.90 Å². The number of aromatic nitrogens is 3. The number of halogens is 1. The molecule has 3 heterocycles. The van der Waals surface area contributed by atoms with Gasteiger partial charge in [-0.1, -0.05) is 30.3 Å². The Bertz CT molecular complexity index is 1570. The first-order valence-corrected chi connectivity index (χ1v) is 13.9. The monoisotopic (exact) mass is 558 g/mol. The second kappa shape index (κ2) is 12.1. The molecule has 1 aliphatic rings. The Hall–Kier alpha value is -4.24. The molecule has 9 heteroatoms. The zero-order chi connectivity index (χ0) is 29.1. The van der Waals surface area contributed by atoms with E-state index >= 15 is 0 Å². The number of benzene rings is 2. The van der Waals surface area contributed by atoms with Gasteiger partial charge in [-0.2, -0.15) is 9.78 Å². The van der Waals surface area contributed by atoms with Gasteiger partial charge in [-0.25, -0.2) is 14.2 Å². The van der Waals surface area contributed by atoms with Gasteiger partial charge in [0.2, 0.25) is 5.88 Å². The van der Waals surface area contributed by atoms with Gasteiger partial charge in [0.05, 0.1) is 18.5 Å². The normalized spacial score (nSPS) is 14.0. The van der Waals surface area contributed by atoms with E-state index in [9.17, 15) is 14.3 Å². The molecule has 8 nitrogen and oxygen atoms in total. The van der Waals surface area contributed by atoms with Gasteiger partial charge < -0.3 is 14.6 Å². The van der Waals surface area contributed by atoms with Crippen molar-refractivity contribution < 1.29 is 23.8 Å². The number of nitrogens with zero attached hydrogens (tertiary/aromatic N) is 4. The van der Waals surface area contributed by atoms with Crippen LogP contribution in [0.2, 0.25) is 0 Å². The third-order valence-corrected chi connectivity index (χ3v) is 7.72. The van der Waals surface area contributed by atoms with E-state index in [1.807, 2.05) is 44.2 Å². The van der Waals surface area contributed by atoms with Crippen molar-refractivity contribution in [3.63, 3.8) is 0 Å². The number of hydrogen-bond donors (Lipinski definition) is 1. The molecule has 0 aliphatic carbocycles. The Balaban J connectivity index is 1.42. The first kappa shape index (κ1) is 28.3. The summed E-state index contributed by atoms with van der Waals surface area (Å²) in [6.45, 7) is 9.83. The summed E-state index contributed by atoms with van der Waals surface area (Å²) in [5.74, 6) is 0.186. The molecule has 0 amide bonds. The van der Waals surface area contributed by atoms with E-state index in [0.29, 0.717) is 24.7 Å². The molecule has 0 fully saturated rings. The Labute approximate surface area is 239 Å². The zero-order valence-corrected chi connectivity index (χ0v) is 23.9. The average Bonchev–Trinajstić information content (AvgIpc) is 3.41. The standard InChI is InChI=1S/C32H35FN4O4/c1-5-40-31-27(32(38)39)17-34-37(31)29-11-7-10-28(35-29)26-9-6-8-20(2)30(26)41-19-24-13-12-23-18-36(21(3)16-33)15-14-25(23)22(24)4/h6-13,17,21H,5,14-16,18-19H2,1-4H3,(H,38,39). The maximum Gasteiger partial charge on any atom is 0.342 e. The predicted octanol–water partition coefficient (Wildman–Crippen LogP) is 5.94. The van der Waals surface area contributed by atoms with Gasteiger partial charge in [0.1, 0.15) is 24.6 Å². The Morgan fingerprint density at radius 3 is 2.68 bits per heavy atom. The maximum absolute atomic E-state index is 13.2. The van der Waals surface area contributed by atoms with E-state index in [2.05, 4.69) is 29.1 Å². The lowest BCUT2D eigenvalue weighted by molar-refractivity contribution is 0.0692. The van der Waals surface area contributed by atoms with Crippen molar-refractivity contribution >= 4 is 5.97 Å². The minimum atomic E-state index is -1.12. The van der Waals surface area contributed by atoms with Crippen LogP contribution >= 0.6 is 0 Å². The highest BCUT2D eigenvalue weighted by Gasteiger charge is 2.23. The van der Waals surface area contributed by atoms with Crippen molar-refractivity contribution in [3.8, 4) is 28.7 Å². The van der Waals surface area contributed by atoms with Gasteiger partial charge in [0.25, 0.3) is 0 Å². The molecular weight excluding hydrogens is 523 g/mol. The van der Waals surface area contributed by atoms with Crippen LogP contribution in [0.15, 0.2) is 54.7 Å². The van der Waals surface area contributed by atoms with E-state index in [1.165, 1.54) is 27.6 Å². The molecule has 0 spiro atoms. The lowest BCUT2D eigenvalue weighted by Crippen LogP contribution is -2.39. The van der Waals surface area contributed by atoms with Gasteiger partial charge in [-0.15, -0.1) is 0 Å². The lowest BCUT2D eigenvalue weighted by atomic mass is 9.91. The highest BCUT2D eigenvalue weighted by Crippen LogP contribution is 2.34. The molecule has 214 valence electrons. The smallest absolute Gasteiger partial charge is 0.342 e. The average molecular weight is 559 g/mol. The zero-order valence-electron chi connectivity index (χ0n) is 23.9. The first-order valence-electron chi connectivity index (χ1n) is 13.9. The minimum absolute atomic E-state index is 0.0244. The van der Waals surface area contributed by atoms with Crippen LogP contribution in [0.1, 0.15) is 52.0 Å². The summed E-state index contributed by atoms with van der Waals surface area (Å²) in [6.07, 6.45) is 2.16. The van der Waals surface area contributed by atoms with Gasteiger partial charge in [0, 0.05) is 24.7 Å². The van der Waals surface area contributed by atoms with E-state index in [0.717, 1.165) is 42.0 Å². The van der Waals surface area contributed by atoms with Crippen molar-refractivity contribution in [2.24, 2.45) is 0 Å². The summed E-state index contributed by atoms with van der Waals surface area (Å²) >= 11 is 0. The summed E-state index contributed by atoms with van der Waals surface area (Å²) in [5, 5.41) is 13.8. The fraction of sp³-hybridized carbons (Fsp3) is 0.344. The summed E-state index contributed by atoms with van der Waals surface area (Å²) in [5.41, 5.74) is 7.37. The molecule has 1 atom stereocenters. The Morgan fingerprint density at radius 2 is 1.93 bits per heavy atom. The number of carboxylic acids is 1. The molecule has 0 radical (unpaired) electrons. The van der Waals surface area contributed by atoms with Crippen LogP contribution in [0.3, 0.4) is 0 Å². The van der Waals surface area contributed by atoms with Gasteiger partial charge >= 0.3 is 5.97 Å². The number of carbonyl (C=O) groups is 1. The lowest BCUT2D eigenvalue weighted by Gasteiger charge is -2.33. The molecule has 0 saturated heterocycles. The van der Waals surface area contributed by atoms with Gasteiger partial charge in [-0.05, 0) is 80.1 Å². The molecule has 5 rings (SSSR count). The van der Waals surface area contributed by atoms with Crippen molar-refractivity contribution in [2.45, 2.75) is 53.3 Å². The van der Waals surface area contributed by atoms with E-state index in [4.69, 9.17) is 14.5 Å². The largest absolute Gasteiger partial charge is 0.488 e. The SMILES string of the molecule is CCOc1c(C(=O)O)cnn1-c1cccc(-c2cccc(C)c2OCc2ccc3c(c2C)CCN(C(C)CF)C3)n1. The Kier molecular flexibility index (Phi) is 8.35. The number of ether oxygens (including phenoxy) is 2. The van der Waals surface area contributed by atoms with E-state index < -0.39 is 5.97 Å². The van der Waals surface area contributed by atoms with Crippen LogP contribution in [-0.4, -0.2) is 56.6 Å². The van der Waals surface area contributed by atoms with Crippen LogP contribution in [0.5, 0.6) is 11.6 Å². The third kappa shape index (κ3) is 5.67. The molecule has 4 aromatic rings. The highest BCUT2D eigenvalue weighted by molar-refractivity contribution is 5.90. The van der Waals surface area contributed by atoms with Crippen molar-refractivity contribution in [3.05, 3.63) is 88.1 Å². The summed E-state index contributed by atoms with van der Waals surface area (Å²) in [7, 11) is 0. The number of rotatable bonds is 10. The van der Waals surface area contributed by atoms with Crippen LogP contribution in [-0.2, 0) is 19.6 Å². The number of fused-ring (bicyclic) bond motifs is 1. The number of hydrogen-bond acceptors (Lipinski definition) is 6. The highest BCUT2D eigenvalue weighted by atomic mass is 19.1. The second-order valence-corrected chi connectivity index (χ2v) is 10.3. The fourth-order valence-corrected chi connectivity index (χ4v) is 5.35. The van der Waals surface area contributed by atoms with Crippen LogP contribution in [0.4, 0.5) is 4.39 Å². The second-order valence-electron chi connectivity index (χ2n) is 10.3. The quantitative estimate of drug-likeness (QED) is 0.258. The van der Waals surface area contributed by atoms with Crippen LogP contribution in [0.25, 0.3) is 17.1 Å². The number of aromatic carboxylic acids is 1. The third-order valence-electron chi connectivity index (χ3n) is 7.72. The molecule has 0 bridgehead atoms. The van der Waals surface area contributed by atoms with E-state index in [1.54, 1.807) is 13.0 Å². The van der Waals surface area contributed by atoms with E-state index in [-0.39, 0.29) is 24.2 Å². The molecule has 1 aliphatic heterocycles. The number of aryl methyl sites for hydroxylation is 1. The molecular formula is C32H35FN4O4. The predicted molar refractivity (Wildman–Crippen MR) is 155 cm³/mol. The van der Waals surface area contributed by atoms with Crippen molar-refractivity contribution in [1.82, 2.24) is 19.7 Å². The molecule has 1 N–H and O–H groups in total. The van der Waals surface area contributed by atoms with Crippen molar-refractivity contribution in [1.29, 1.82) is 0 Å². The topological polar surface area (TPSA) is 89.7 Å². The van der Waals surface area contributed by atoms with Crippen LogP contribution < -0.4 is 9.47 Å². The summed E-state index contributed by atoms with van der Waals surface area (Å²) in [4.78, 5) is 18.7. The number of para-hydroxylation sites is 1. The summed E-state index contributed by atoms with van der Waals surface area (Å²) in [6, 6.07) is 15.6. The number of carboxylic acid groups (broad SMARTS) is 1.